The summed E-state index contributed by atoms with van der Waals surface area (Å²) in [5, 5.41) is 11.5. The molecule has 0 spiro atoms. The summed E-state index contributed by atoms with van der Waals surface area (Å²) in [4.78, 5) is 3.72. The summed E-state index contributed by atoms with van der Waals surface area (Å²) >= 11 is 0. The standard InChI is InChI=1S/C17H24N6O4S2/c1-12-5-8-15(13(2)9-12)16(18)10-22(14-6-7-14)28(24,25)17-19-11-23(20-17)29(26,27)21(3)4/h5,8-9,11,14,18H,6-7,10H2,1-4H3. The van der Waals surface area contributed by atoms with E-state index in [1.807, 2.05) is 26.0 Å². The lowest BCUT2D eigenvalue weighted by molar-refractivity contribution is 0.437. The zero-order valence-electron chi connectivity index (χ0n) is 16.7. The molecule has 1 aromatic heterocycles. The van der Waals surface area contributed by atoms with Gasteiger partial charge in [-0.05, 0) is 37.8 Å². The highest BCUT2D eigenvalue weighted by atomic mass is 32.2. The SMILES string of the molecule is Cc1ccc(C(=N)CN(C2CC2)S(=O)(=O)c2ncn(S(=O)(=O)N(C)C)n2)c(C)c1. The van der Waals surface area contributed by atoms with Crippen molar-refractivity contribution in [1.82, 2.24) is 22.8 Å². The molecule has 0 bridgehead atoms. The first-order chi connectivity index (χ1) is 13.4. The Labute approximate surface area is 170 Å². The molecule has 1 heterocycles. The third-order valence-electron chi connectivity index (χ3n) is 4.66. The lowest BCUT2D eigenvalue weighted by Crippen LogP contribution is -2.38. The molecule has 158 valence electrons. The van der Waals surface area contributed by atoms with Crippen LogP contribution in [0.25, 0.3) is 0 Å². The van der Waals surface area contributed by atoms with Gasteiger partial charge in [-0.2, -0.15) is 17.0 Å². The van der Waals surface area contributed by atoms with Crippen LogP contribution in [0.3, 0.4) is 0 Å². The second-order valence-electron chi connectivity index (χ2n) is 7.27. The zero-order chi connectivity index (χ0) is 21.6. The van der Waals surface area contributed by atoms with Gasteiger partial charge in [0.25, 0.3) is 15.2 Å². The predicted octanol–water partition coefficient (Wildman–Crippen LogP) is 0.771. The van der Waals surface area contributed by atoms with Gasteiger partial charge >= 0.3 is 10.2 Å². The summed E-state index contributed by atoms with van der Waals surface area (Å²) in [5.41, 5.74) is 2.79. The van der Waals surface area contributed by atoms with Crippen molar-refractivity contribution >= 4 is 25.9 Å². The fraction of sp³-hybridized carbons (Fsp3) is 0.471. The number of aryl methyl sites for hydroxylation is 2. The molecule has 1 aliphatic rings. The number of benzene rings is 1. The molecule has 1 aliphatic carbocycles. The van der Waals surface area contributed by atoms with Gasteiger partial charge in [-0.3, -0.25) is 0 Å². The van der Waals surface area contributed by atoms with E-state index in [9.17, 15) is 16.8 Å². The van der Waals surface area contributed by atoms with Crippen LogP contribution in [0.1, 0.15) is 29.5 Å². The normalized spacial score (nSPS) is 15.2. The van der Waals surface area contributed by atoms with Gasteiger partial charge in [0, 0.05) is 20.1 Å². The number of nitrogens with one attached hydrogen (secondary N) is 1. The van der Waals surface area contributed by atoms with Crippen LogP contribution in [-0.4, -0.2) is 72.0 Å². The van der Waals surface area contributed by atoms with E-state index >= 15 is 0 Å². The average molecular weight is 441 g/mol. The van der Waals surface area contributed by atoms with Crippen LogP contribution in [-0.2, 0) is 20.2 Å². The highest BCUT2D eigenvalue weighted by molar-refractivity contribution is 7.89. The van der Waals surface area contributed by atoms with Gasteiger partial charge in [0.2, 0.25) is 0 Å². The smallest absolute Gasteiger partial charge is 0.303 e. The molecule has 3 rings (SSSR count). The molecule has 1 fully saturated rings. The minimum atomic E-state index is -4.16. The fourth-order valence-electron chi connectivity index (χ4n) is 2.90. The van der Waals surface area contributed by atoms with Gasteiger partial charge in [0.15, 0.2) is 0 Å². The van der Waals surface area contributed by atoms with Crippen molar-refractivity contribution in [2.24, 2.45) is 0 Å². The van der Waals surface area contributed by atoms with E-state index in [-0.39, 0.29) is 18.3 Å². The number of hydrogen-bond donors (Lipinski definition) is 1. The molecule has 0 saturated heterocycles. The van der Waals surface area contributed by atoms with E-state index in [2.05, 4.69) is 10.1 Å². The Bertz CT molecular complexity index is 1150. The number of aromatic nitrogens is 3. The van der Waals surface area contributed by atoms with Crippen LogP contribution in [0.4, 0.5) is 0 Å². The molecule has 10 nitrogen and oxygen atoms in total. The third kappa shape index (κ3) is 4.25. The number of sulfonamides is 1. The molecular weight excluding hydrogens is 416 g/mol. The molecule has 29 heavy (non-hydrogen) atoms. The van der Waals surface area contributed by atoms with Gasteiger partial charge in [-0.15, -0.1) is 9.19 Å². The van der Waals surface area contributed by atoms with E-state index in [1.54, 1.807) is 6.07 Å². The minimum Gasteiger partial charge on any atom is -0.303 e. The predicted molar refractivity (Wildman–Crippen MR) is 108 cm³/mol. The first-order valence-electron chi connectivity index (χ1n) is 8.96. The maximum absolute atomic E-state index is 13.1. The maximum atomic E-state index is 13.1. The summed E-state index contributed by atoms with van der Waals surface area (Å²) in [6, 6.07) is 5.38. The molecule has 0 amide bonds. The van der Waals surface area contributed by atoms with Crippen molar-refractivity contribution < 1.29 is 16.8 Å². The molecule has 1 saturated carbocycles. The van der Waals surface area contributed by atoms with Crippen molar-refractivity contribution in [3.05, 3.63) is 41.2 Å². The molecule has 0 unspecified atom stereocenters. The van der Waals surface area contributed by atoms with Gasteiger partial charge in [-0.25, -0.2) is 13.4 Å². The highest BCUT2D eigenvalue weighted by Gasteiger charge is 2.41. The Morgan fingerprint density at radius 2 is 1.86 bits per heavy atom. The quantitative estimate of drug-likeness (QED) is 0.604. The van der Waals surface area contributed by atoms with Crippen molar-refractivity contribution in [1.29, 1.82) is 5.41 Å². The molecule has 12 heteroatoms. The van der Waals surface area contributed by atoms with Gasteiger partial charge < -0.3 is 5.41 Å². The second-order valence-corrected chi connectivity index (χ2v) is 11.1. The maximum Gasteiger partial charge on any atom is 0.323 e. The summed E-state index contributed by atoms with van der Waals surface area (Å²) in [6.45, 7) is 3.69. The third-order valence-corrected chi connectivity index (χ3v) is 7.93. The zero-order valence-corrected chi connectivity index (χ0v) is 18.3. The Balaban J connectivity index is 1.91. The molecule has 1 aromatic carbocycles. The summed E-state index contributed by atoms with van der Waals surface area (Å²) in [7, 11) is -5.51. The number of hydrogen-bond acceptors (Lipinski definition) is 7. The van der Waals surface area contributed by atoms with E-state index in [4.69, 9.17) is 5.41 Å². The number of rotatable bonds is 8. The van der Waals surface area contributed by atoms with Crippen LogP contribution in [0, 0.1) is 19.3 Å². The Morgan fingerprint density at radius 3 is 2.41 bits per heavy atom. The topological polar surface area (TPSA) is 129 Å². The van der Waals surface area contributed by atoms with Crippen molar-refractivity contribution in [2.75, 3.05) is 20.6 Å². The van der Waals surface area contributed by atoms with Crippen molar-refractivity contribution in [3.63, 3.8) is 0 Å². The number of nitrogens with zero attached hydrogens (tertiary/aromatic N) is 5. The molecule has 2 aromatic rings. The second kappa shape index (κ2) is 7.59. The molecule has 0 atom stereocenters. The van der Waals surface area contributed by atoms with Crippen molar-refractivity contribution in [3.8, 4) is 0 Å². The molecular formula is C17H24N6O4S2. The highest BCUT2D eigenvalue weighted by Crippen LogP contribution is 2.31. The van der Waals surface area contributed by atoms with Crippen LogP contribution >= 0.6 is 0 Å². The van der Waals surface area contributed by atoms with Crippen molar-refractivity contribution in [2.45, 2.75) is 37.9 Å². The first-order valence-corrected chi connectivity index (χ1v) is 11.8. The minimum absolute atomic E-state index is 0.133. The average Bonchev–Trinajstić information content (AvgIpc) is 3.32. The summed E-state index contributed by atoms with van der Waals surface area (Å²) < 4.78 is 53.2. The monoisotopic (exact) mass is 440 g/mol. The van der Waals surface area contributed by atoms with Crippen LogP contribution in [0.5, 0.6) is 0 Å². The summed E-state index contributed by atoms with van der Waals surface area (Å²) in [6.07, 6.45) is 2.22. The largest absolute Gasteiger partial charge is 0.323 e. The van der Waals surface area contributed by atoms with Crippen LogP contribution < -0.4 is 0 Å². The van der Waals surface area contributed by atoms with Gasteiger partial charge in [0.1, 0.15) is 6.33 Å². The first kappa shape index (κ1) is 21.6. The van der Waals surface area contributed by atoms with E-state index < -0.39 is 25.4 Å². The lowest BCUT2D eigenvalue weighted by atomic mass is 10.0. The van der Waals surface area contributed by atoms with Crippen LogP contribution in [0.15, 0.2) is 29.7 Å². The van der Waals surface area contributed by atoms with Gasteiger partial charge in [-0.1, -0.05) is 23.8 Å². The summed E-state index contributed by atoms with van der Waals surface area (Å²) in [5.74, 6) is 0. The lowest BCUT2D eigenvalue weighted by Gasteiger charge is -2.21. The van der Waals surface area contributed by atoms with Crippen LogP contribution in [0.2, 0.25) is 0 Å². The van der Waals surface area contributed by atoms with E-state index in [1.165, 1.54) is 18.4 Å². The fourth-order valence-corrected chi connectivity index (χ4v) is 5.12. The molecule has 0 radical (unpaired) electrons. The molecule has 1 N–H and O–H groups in total. The Kier molecular flexibility index (Phi) is 5.64. The van der Waals surface area contributed by atoms with E-state index in [0.717, 1.165) is 21.8 Å². The Hall–Kier alpha value is -2.15. The molecule has 0 aliphatic heterocycles. The van der Waals surface area contributed by atoms with Gasteiger partial charge in [0.05, 0.1) is 12.3 Å². The Morgan fingerprint density at radius 1 is 1.21 bits per heavy atom. The van der Waals surface area contributed by atoms with E-state index in [0.29, 0.717) is 22.5 Å².